The first-order chi connectivity index (χ1) is 15.8. The molecule has 1 saturated carbocycles. The molecule has 1 aliphatic carbocycles. The van der Waals surface area contributed by atoms with Gasteiger partial charge in [0.2, 0.25) is 5.91 Å². The van der Waals surface area contributed by atoms with E-state index in [1.807, 2.05) is 4.90 Å². The maximum Gasteiger partial charge on any atom is 0.293 e. The van der Waals surface area contributed by atoms with Gasteiger partial charge >= 0.3 is 0 Å². The van der Waals surface area contributed by atoms with Gasteiger partial charge in [-0.3, -0.25) is 24.5 Å². The van der Waals surface area contributed by atoms with E-state index in [-0.39, 0.29) is 29.1 Å². The Hall–Kier alpha value is -3.95. The number of carbonyl (C=O) groups excluding carboxylic acids is 3. The fraction of sp³-hybridized carbons (Fsp3) is 0.348. The molecule has 0 bridgehead atoms. The highest BCUT2D eigenvalue weighted by molar-refractivity contribution is 6.06. The summed E-state index contributed by atoms with van der Waals surface area (Å²) in [4.78, 5) is 51.3. The summed E-state index contributed by atoms with van der Waals surface area (Å²) in [7, 11) is 0. The maximum absolute atomic E-state index is 12.8. The highest BCUT2D eigenvalue weighted by Crippen LogP contribution is 2.30. The Morgan fingerprint density at radius 3 is 2.30 bits per heavy atom. The van der Waals surface area contributed by atoms with Crippen molar-refractivity contribution in [3.05, 3.63) is 63.7 Å². The van der Waals surface area contributed by atoms with Crippen LogP contribution in [-0.2, 0) is 4.79 Å². The zero-order valence-electron chi connectivity index (χ0n) is 18.2. The van der Waals surface area contributed by atoms with E-state index < -0.39 is 10.8 Å². The minimum atomic E-state index is -0.509. The Balaban J connectivity index is 1.48. The third kappa shape index (κ3) is 5.28. The summed E-state index contributed by atoms with van der Waals surface area (Å²) in [6.07, 6.45) is 1.95. The summed E-state index contributed by atoms with van der Waals surface area (Å²) >= 11 is 0. The van der Waals surface area contributed by atoms with Crippen LogP contribution < -0.4 is 15.5 Å². The number of nitro benzene ring substituents is 1. The predicted octanol–water partition coefficient (Wildman–Crippen LogP) is 2.41. The van der Waals surface area contributed by atoms with Gasteiger partial charge in [0.15, 0.2) is 0 Å². The van der Waals surface area contributed by atoms with Gasteiger partial charge in [0.25, 0.3) is 17.5 Å². The summed E-state index contributed by atoms with van der Waals surface area (Å²) in [5.74, 6) is -0.727. The molecule has 0 atom stereocenters. The van der Waals surface area contributed by atoms with Crippen LogP contribution >= 0.6 is 0 Å². The average molecular weight is 451 g/mol. The summed E-state index contributed by atoms with van der Waals surface area (Å²) in [6.45, 7) is 3.42. The lowest BCUT2D eigenvalue weighted by Gasteiger charge is -2.35. The first kappa shape index (κ1) is 22.3. The van der Waals surface area contributed by atoms with Crippen molar-refractivity contribution in [3.63, 3.8) is 0 Å². The number of benzene rings is 2. The number of amides is 3. The van der Waals surface area contributed by atoms with Crippen LogP contribution in [0.1, 0.15) is 40.5 Å². The fourth-order valence-corrected chi connectivity index (χ4v) is 3.78. The number of hydrogen-bond donors (Lipinski definition) is 2. The van der Waals surface area contributed by atoms with Crippen LogP contribution in [0, 0.1) is 10.1 Å². The summed E-state index contributed by atoms with van der Waals surface area (Å²) in [6, 6.07) is 11.2. The van der Waals surface area contributed by atoms with Crippen LogP contribution in [0.3, 0.4) is 0 Å². The standard InChI is InChI=1S/C23H25N5O5/c1-15(29)26-9-11-27(12-10-26)20-8-5-17(14-21(20)28(32)33)23(31)25-19-4-2-3-16(13-19)22(30)24-18-6-7-18/h2-5,8,13-14,18H,6-7,9-12H2,1H3,(H,24,30)(H,25,31). The Labute approximate surface area is 190 Å². The van der Waals surface area contributed by atoms with Crippen molar-refractivity contribution < 1.29 is 19.3 Å². The molecule has 33 heavy (non-hydrogen) atoms. The molecule has 1 saturated heterocycles. The molecule has 3 amide bonds. The van der Waals surface area contributed by atoms with Crippen LogP contribution in [0.2, 0.25) is 0 Å². The van der Waals surface area contributed by atoms with Crippen molar-refractivity contribution >= 4 is 34.8 Å². The number of nitrogens with one attached hydrogen (secondary N) is 2. The van der Waals surface area contributed by atoms with E-state index in [1.165, 1.54) is 13.0 Å². The highest BCUT2D eigenvalue weighted by atomic mass is 16.6. The monoisotopic (exact) mass is 451 g/mol. The van der Waals surface area contributed by atoms with Gasteiger partial charge in [0.05, 0.1) is 4.92 Å². The molecule has 1 heterocycles. The number of piperazine rings is 1. The van der Waals surface area contributed by atoms with Crippen molar-refractivity contribution in [3.8, 4) is 0 Å². The van der Waals surface area contributed by atoms with Gasteiger partial charge in [-0.05, 0) is 43.2 Å². The van der Waals surface area contributed by atoms with Gasteiger partial charge in [-0.1, -0.05) is 6.07 Å². The molecule has 10 heteroatoms. The van der Waals surface area contributed by atoms with Gasteiger partial charge in [-0.25, -0.2) is 0 Å². The van der Waals surface area contributed by atoms with Crippen molar-refractivity contribution in [2.75, 3.05) is 36.4 Å². The van der Waals surface area contributed by atoms with Gasteiger partial charge < -0.3 is 20.4 Å². The smallest absolute Gasteiger partial charge is 0.293 e. The Morgan fingerprint density at radius 2 is 1.67 bits per heavy atom. The molecule has 0 radical (unpaired) electrons. The number of rotatable bonds is 6. The number of anilines is 2. The average Bonchev–Trinajstić information content (AvgIpc) is 3.63. The van der Waals surface area contributed by atoms with Crippen molar-refractivity contribution in [2.24, 2.45) is 0 Å². The first-order valence-corrected chi connectivity index (χ1v) is 10.8. The van der Waals surface area contributed by atoms with E-state index in [1.54, 1.807) is 41.3 Å². The van der Waals surface area contributed by atoms with Gasteiger partial charge in [-0.15, -0.1) is 0 Å². The molecule has 2 aliphatic rings. The Bertz CT molecular complexity index is 1110. The molecule has 10 nitrogen and oxygen atoms in total. The van der Waals surface area contributed by atoms with Crippen LogP contribution in [0.15, 0.2) is 42.5 Å². The van der Waals surface area contributed by atoms with E-state index >= 15 is 0 Å². The van der Waals surface area contributed by atoms with Gasteiger partial charge in [-0.2, -0.15) is 0 Å². The van der Waals surface area contributed by atoms with Crippen LogP contribution in [0.4, 0.5) is 17.1 Å². The molecule has 4 rings (SSSR count). The SMILES string of the molecule is CC(=O)N1CCN(c2ccc(C(=O)Nc3cccc(C(=O)NC4CC4)c3)cc2[N+](=O)[O-])CC1. The maximum atomic E-state index is 12.8. The lowest BCUT2D eigenvalue weighted by Crippen LogP contribution is -2.48. The van der Waals surface area contributed by atoms with Crippen LogP contribution in [0.25, 0.3) is 0 Å². The molecule has 2 aromatic carbocycles. The molecule has 2 fully saturated rings. The van der Waals surface area contributed by atoms with Crippen molar-refractivity contribution in [1.29, 1.82) is 0 Å². The minimum Gasteiger partial charge on any atom is -0.362 e. The lowest BCUT2D eigenvalue weighted by atomic mass is 10.1. The molecular formula is C23H25N5O5. The molecule has 0 spiro atoms. The summed E-state index contributed by atoms with van der Waals surface area (Å²) < 4.78 is 0. The van der Waals surface area contributed by atoms with Crippen molar-refractivity contribution in [2.45, 2.75) is 25.8 Å². The topological polar surface area (TPSA) is 125 Å². The van der Waals surface area contributed by atoms with E-state index in [0.717, 1.165) is 12.8 Å². The van der Waals surface area contributed by atoms with E-state index in [2.05, 4.69) is 10.6 Å². The van der Waals surface area contributed by atoms with Crippen molar-refractivity contribution in [1.82, 2.24) is 10.2 Å². The Kier molecular flexibility index (Phi) is 6.25. The molecule has 2 aromatic rings. The van der Waals surface area contributed by atoms with Gasteiger partial charge in [0.1, 0.15) is 5.69 Å². The number of nitro groups is 1. The Morgan fingerprint density at radius 1 is 0.970 bits per heavy atom. The van der Waals surface area contributed by atoms with E-state index in [9.17, 15) is 24.5 Å². The third-order valence-electron chi connectivity index (χ3n) is 5.80. The number of hydrogen-bond acceptors (Lipinski definition) is 6. The second-order valence-corrected chi connectivity index (χ2v) is 8.24. The number of nitrogens with zero attached hydrogens (tertiary/aromatic N) is 3. The minimum absolute atomic E-state index is 0.0229. The van der Waals surface area contributed by atoms with E-state index in [4.69, 9.17) is 0 Å². The number of carbonyl (C=O) groups is 3. The predicted molar refractivity (Wildman–Crippen MR) is 122 cm³/mol. The molecule has 1 aliphatic heterocycles. The van der Waals surface area contributed by atoms with Gasteiger partial charge in [0, 0.05) is 62.0 Å². The largest absolute Gasteiger partial charge is 0.362 e. The zero-order chi connectivity index (χ0) is 23.5. The zero-order valence-corrected chi connectivity index (χ0v) is 18.2. The highest BCUT2D eigenvalue weighted by Gasteiger charge is 2.26. The second kappa shape index (κ2) is 9.27. The summed E-state index contributed by atoms with van der Waals surface area (Å²) in [5.41, 5.74) is 1.25. The molecule has 2 N–H and O–H groups in total. The van der Waals surface area contributed by atoms with Crippen LogP contribution in [0.5, 0.6) is 0 Å². The normalized spacial score (nSPS) is 15.7. The second-order valence-electron chi connectivity index (χ2n) is 8.24. The van der Waals surface area contributed by atoms with E-state index in [0.29, 0.717) is 43.1 Å². The summed E-state index contributed by atoms with van der Waals surface area (Å²) in [5, 5.41) is 17.3. The molecule has 172 valence electrons. The van der Waals surface area contributed by atoms with Crippen LogP contribution in [-0.4, -0.2) is 59.8 Å². The third-order valence-corrected chi connectivity index (χ3v) is 5.80. The molecular weight excluding hydrogens is 426 g/mol. The quantitative estimate of drug-likeness (QED) is 0.513. The molecule has 0 aromatic heterocycles. The first-order valence-electron chi connectivity index (χ1n) is 10.8. The molecule has 0 unspecified atom stereocenters. The lowest BCUT2D eigenvalue weighted by molar-refractivity contribution is -0.384. The fourth-order valence-electron chi connectivity index (χ4n) is 3.78.